The monoisotopic (exact) mass is 371 g/mol. The molecule has 2 N–H and O–H groups in total. The molecule has 2 fully saturated rings. The van der Waals surface area contributed by atoms with Gasteiger partial charge >= 0.3 is 6.03 Å². The van der Waals surface area contributed by atoms with Gasteiger partial charge in [0.15, 0.2) is 0 Å². The van der Waals surface area contributed by atoms with Gasteiger partial charge in [-0.05, 0) is 0 Å². The number of aliphatic hydroxyl groups excluding tert-OH is 1. The van der Waals surface area contributed by atoms with Crippen molar-refractivity contribution in [3.63, 3.8) is 0 Å². The molecule has 2 aromatic rings. The number of benzene rings is 1. The van der Waals surface area contributed by atoms with E-state index in [1.165, 1.54) is 0 Å². The Morgan fingerprint density at radius 3 is 2.70 bits per heavy atom. The summed E-state index contributed by atoms with van der Waals surface area (Å²) in [6, 6.07) is 11.4. The SMILES string of the molecule is Cn1nc(-c2ccccc2)cc1NC(=O)N1C[C@H](O)[C@@H](N2CCOCC2)C1. The summed E-state index contributed by atoms with van der Waals surface area (Å²) >= 11 is 0. The number of aliphatic hydroxyl groups is 1. The molecule has 0 aliphatic carbocycles. The van der Waals surface area contributed by atoms with E-state index in [9.17, 15) is 9.90 Å². The van der Waals surface area contributed by atoms with Crippen LogP contribution in [0.4, 0.5) is 10.6 Å². The zero-order chi connectivity index (χ0) is 18.8. The number of nitrogens with one attached hydrogen (secondary N) is 1. The fourth-order valence-corrected chi connectivity index (χ4v) is 3.73. The van der Waals surface area contributed by atoms with Crippen molar-refractivity contribution in [2.75, 3.05) is 44.7 Å². The second-order valence-corrected chi connectivity index (χ2v) is 7.02. The second-order valence-electron chi connectivity index (χ2n) is 7.02. The summed E-state index contributed by atoms with van der Waals surface area (Å²) in [7, 11) is 1.80. The molecule has 27 heavy (non-hydrogen) atoms. The molecule has 2 aliphatic rings. The van der Waals surface area contributed by atoms with E-state index in [-0.39, 0.29) is 12.1 Å². The first-order chi connectivity index (χ1) is 13.1. The molecule has 0 saturated carbocycles. The van der Waals surface area contributed by atoms with Gasteiger partial charge in [-0.1, -0.05) is 30.3 Å². The number of carbonyl (C=O) groups is 1. The van der Waals surface area contributed by atoms with Crippen LogP contribution >= 0.6 is 0 Å². The van der Waals surface area contributed by atoms with Crippen LogP contribution in [-0.4, -0.2) is 82.3 Å². The number of urea groups is 1. The van der Waals surface area contributed by atoms with E-state index in [4.69, 9.17) is 4.74 Å². The first-order valence-corrected chi connectivity index (χ1v) is 9.27. The van der Waals surface area contributed by atoms with Gasteiger partial charge in [0.25, 0.3) is 0 Å². The van der Waals surface area contributed by atoms with Crippen molar-refractivity contribution >= 4 is 11.8 Å². The lowest BCUT2D eigenvalue weighted by molar-refractivity contribution is -0.00607. The Morgan fingerprint density at radius 2 is 1.96 bits per heavy atom. The first kappa shape index (κ1) is 18.0. The summed E-state index contributed by atoms with van der Waals surface area (Å²) in [5, 5.41) is 17.8. The van der Waals surface area contributed by atoms with Crippen LogP contribution in [0.15, 0.2) is 36.4 Å². The molecule has 2 amide bonds. The number of β-amino-alcohol motifs (C(OH)–C–C–N with tert-alkyl or cyclic N) is 1. The molecule has 3 heterocycles. The minimum Gasteiger partial charge on any atom is -0.390 e. The van der Waals surface area contributed by atoms with Crippen LogP contribution in [-0.2, 0) is 11.8 Å². The maximum atomic E-state index is 12.7. The van der Waals surface area contributed by atoms with Crippen LogP contribution < -0.4 is 5.32 Å². The van der Waals surface area contributed by atoms with Gasteiger partial charge < -0.3 is 14.7 Å². The number of morpholine rings is 1. The highest BCUT2D eigenvalue weighted by Crippen LogP contribution is 2.23. The molecule has 2 aliphatic heterocycles. The van der Waals surface area contributed by atoms with Crippen LogP contribution in [0.1, 0.15) is 0 Å². The smallest absolute Gasteiger partial charge is 0.323 e. The third-order valence-electron chi connectivity index (χ3n) is 5.25. The zero-order valence-electron chi connectivity index (χ0n) is 15.4. The highest BCUT2D eigenvalue weighted by molar-refractivity contribution is 5.89. The quantitative estimate of drug-likeness (QED) is 0.841. The van der Waals surface area contributed by atoms with Gasteiger partial charge in [0.05, 0.1) is 37.6 Å². The Hall–Kier alpha value is -2.42. The van der Waals surface area contributed by atoms with Gasteiger partial charge in [-0.15, -0.1) is 0 Å². The van der Waals surface area contributed by atoms with E-state index in [2.05, 4.69) is 15.3 Å². The Balaban J connectivity index is 1.41. The number of ether oxygens (including phenoxy) is 1. The zero-order valence-corrected chi connectivity index (χ0v) is 15.4. The van der Waals surface area contributed by atoms with Crippen LogP contribution in [0.5, 0.6) is 0 Å². The van der Waals surface area contributed by atoms with E-state index in [0.29, 0.717) is 32.1 Å². The van der Waals surface area contributed by atoms with Crippen molar-refractivity contribution in [3.05, 3.63) is 36.4 Å². The molecule has 0 unspecified atom stereocenters. The molecular formula is C19H25N5O3. The molecule has 8 heteroatoms. The van der Waals surface area contributed by atoms with Crippen molar-refractivity contribution in [1.29, 1.82) is 0 Å². The highest BCUT2D eigenvalue weighted by atomic mass is 16.5. The van der Waals surface area contributed by atoms with Crippen molar-refractivity contribution < 1.29 is 14.6 Å². The molecule has 0 bridgehead atoms. The average molecular weight is 371 g/mol. The number of aromatic nitrogens is 2. The maximum Gasteiger partial charge on any atom is 0.323 e. The van der Waals surface area contributed by atoms with E-state index in [1.807, 2.05) is 36.4 Å². The van der Waals surface area contributed by atoms with Crippen LogP contribution in [0.3, 0.4) is 0 Å². The minimum absolute atomic E-state index is 0.0360. The summed E-state index contributed by atoms with van der Waals surface area (Å²) in [5.74, 6) is 0.628. The Kier molecular flexibility index (Phi) is 5.11. The molecule has 2 atom stereocenters. The standard InChI is InChI=1S/C19H25N5O3/c1-22-18(11-15(21-22)14-5-3-2-4-6-14)20-19(26)24-12-16(17(25)13-24)23-7-9-27-10-8-23/h2-6,11,16-17,25H,7-10,12-13H2,1H3,(H,20,26)/t16-,17-/m0/s1. The number of rotatable bonds is 3. The topological polar surface area (TPSA) is 82.9 Å². The van der Waals surface area contributed by atoms with Crippen LogP contribution in [0, 0.1) is 0 Å². The van der Waals surface area contributed by atoms with Crippen molar-refractivity contribution in [2.24, 2.45) is 7.05 Å². The van der Waals surface area contributed by atoms with Gasteiger partial charge in [-0.3, -0.25) is 14.9 Å². The minimum atomic E-state index is -0.541. The third-order valence-corrected chi connectivity index (χ3v) is 5.25. The van der Waals surface area contributed by atoms with Gasteiger partial charge in [0.1, 0.15) is 5.82 Å². The summed E-state index contributed by atoms with van der Waals surface area (Å²) in [4.78, 5) is 16.6. The molecule has 4 rings (SSSR count). The summed E-state index contributed by atoms with van der Waals surface area (Å²) in [6.45, 7) is 3.77. The number of aryl methyl sites for hydroxylation is 1. The molecule has 0 spiro atoms. The normalized spacial score (nSPS) is 23.6. The number of nitrogens with zero attached hydrogens (tertiary/aromatic N) is 4. The molecule has 0 radical (unpaired) electrons. The van der Waals surface area contributed by atoms with Crippen LogP contribution in [0.2, 0.25) is 0 Å². The average Bonchev–Trinajstić information content (AvgIpc) is 3.26. The molecule has 144 valence electrons. The number of hydrogen-bond donors (Lipinski definition) is 2. The third kappa shape index (κ3) is 3.83. The fourth-order valence-electron chi connectivity index (χ4n) is 3.73. The van der Waals surface area contributed by atoms with Gasteiger partial charge in [-0.2, -0.15) is 5.10 Å². The molecule has 1 aromatic carbocycles. The van der Waals surface area contributed by atoms with E-state index in [1.54, 1.807) is 16.6 Å². The molecule has 2 saturated heterocycles. The van der Waals surface area contributed by atoms with E-state index in [0.717, 1.165) is 24.3 Å². The summed E-state index contributed by atoms with van der Waals surface area (Å²) in [5.41, 5.74) is 1.80. The lowest BCUT2D eigenvalue weighted by Crippen LogP contribution is -2.49. The summed E-state index contributed by atoms with van der Waals surface area (Å²) in [6.07, 6.45) is -0.541. The van der Waals surface area contributed by atoms with E-state index >= 15 is 0 Å². The Labute approximate surface area is 158 Å². The highest BCUT2D eigenvalue weighted by Gasteiger charge is 2.38. The molecular weight excluding hydrogens is 346 g/mol. The lowest BCUT2D eigenvalue weighted by atomic mass is 10.1. The predicted molar refractivity (Wildman–Crippen MR) is 101 cm³/mol. The van der Waals surface area contributed by atoms with Gasteiger partial charge in [0, 0.05) is 38.3 Å². The first-order valence-electron chi connectivity index (χ1n) is 9.27. The lowest BCUT2D eigenvalue weighted by Gasteiger charge is -2.33. The number of amides is 2. The number of hydrogen-bond acceptors (Lipinski definition) is 5. The molecule has 8 nitrogen and oxygen atoms in total. The van der Waals surface area contributed by atoms with E-state index < -0.39 is 6.10 Å². The second kappa shape index (κ2) is 7.67. The Morgan fingerprint density at radius 1 is 1.22 bits per heavy atom. The largest absolute Gasteiger partial charge is 0.390 e. The Bertz CT molecular complexity index is 788. The molecule has 1 aromatic heterocycles. The number of likely N-dealkylation sites (tertiary alicyclic amines) is 1. The van der Waals surface area contributed by atoms with Crippen molar-refractivity contribution in [3.8, 4) is 11.3 Å². The van der Waals surface area contributed by atoms with Crippen LogP contribution in [0.25, 0.3) is 11.3 Å². The maximum absolute atomic E-state index is 12.7. The van der Waals surface area contributed by atoms with Gasteiger partial charge in [0.2, 0.25) is 0 Å². The van der Waals surface area contributed by atoms with Crippen molar-refractivity contribution in [2.45, 2.75) is 12.1 Å². The number of anilines is 1. The fraction of sp³-hybridized carbons (Fsp3) is 0.474. The summed E-state index contributed by atoms with van der Waals surface area (Å²) < 4.78 is 7.03. The predicted octanol–water partition coefficient (Wildman–Crippen LogP) is 0.996. The van der Waals surface area contributed by atoms with Gasteiger partial charge in [-0.25, -0.2) is 4.79 Å². The van der Waals surface area contributed by atoms with Crippen molar-refractivity contribution in [1.82, 2.24) is 19.6 Å². The number of carbonyl (C=O) groups excluding carboxylic acids is 1.